The molecule has 2 N–H and O–H groups in total. The van der Waals surface area contributed by atoms with Crippen molar-refractivity contribution in [2.75, 3.05) is 19.4 Å². The van der Waals surface area contributed by atoms with Gasteiger partial charge in [0.05, 0.1) is 16.3 Å². The Balaban J connectivity index is 1.80. The molecular formula is C19H16Cl2N4O2. The molecule has 3 rings (SSSR count). The van der Waals surface area contributed by atoms with E-state index in [-0.39, 0.29) is 17.5 Å². The standard InChI is InChI=1S/C19H16Cl2N4O2/c1-25(2)19(27)14-9-13(6-7-15(14)21)22-18(26)17-10-16(23-24-17)11-4-3-5-12(20)8-11/h3-10H,1-2H3,(H,22,26)(H,23,24). The number of benzene rings is 2. The monoisotopic (exact) mass is 402 g/mol. The van der Waals surface area contributed by atoms with Crippen LogP contribution in [-0.2, 0) is 0 Å². The zero-order chi connectivity index (χ0) is 19.6. The molecule has 0 fully saturated rings. The van der Waals surface area contributed by atoms with Gasteiger partial charge in [0.25, 0.3) is 11.8 Å². The summed E-state index contributed by atoms with van der Waals surface area (Å²) in [5, 5.41) is 10.5. The number of hydrogen-bond donors (Lipinski definition) is 2. The lowest BCUT2D eigenvalue weighted by Crippen LogP contribution is -2.22. The minimum absolute atomic E-state index is 0.249. The van der Waals surface area contributed by atoms with Gasteiger partial charge in [0, 0.05) is 30.4 Å². The zero-order valence-corrected chi connectivity index (χ0v) is 16.1. The van der Waals surface area contributed by atoms with Gasteiger partial charge in [-0.05, 0) is 36.4 Å². The van der Waals surface area contributed by atoms with E-state index in [0.717, 1.165) is 5.56 Å². The summed E-state index contributed by atoms with van der Waals surface area (Å²) in [6, 6.07) is 13.5. The van der Waals surface area contributed by atoms with Crippen LogP contribution in [0.1, 0.15) is 20.8 Å². The molecule has 1 heterocycles. The minimum atomic E-state index is -0.388. The van der Waals surface area contributed by atoms with Crippen molar-refractivity contribution in [1.82, 2.24) is 15.1 Å². The molecule has 0 bridgehead atoms. The van der Waals surface area contributed by atoms with E-state index in [1.165, 1.54) is 11.0 Å². The third-order valence-electron chi connectivity index (χ3n) is 3.80. The van der Waals surface area contributed by atoms with Gasteiger partial charge >= 0.3 is 0 Å². The predicted molar refractivity (Wildman–Crippen MR) is 106 cm³/mol. The average Bonchev–Trinajstić information content (AvgIpc) is 3.13. The molecule has 0 aliphatic rings. The van der Waals surface area contributed by atoms with Crippen LogP contribution in [0.3, 0.4) is 0 Å². The molecule has 0 unspecified atom stereocenters. The number of anilines is 1. The Kier molecular flexibility index (Phi) is 5.48. The second kappa shape index (κ2) is 7.82. The fraction of sp³-hybridized carbons (Fsp3) is 0.105. The number of nitrogens with one attached hydrogen (secondary N) is 2. The van der Waals surface area contributed by atoms with Gasteiger partial charge in [0.1, 0.15) is 5.69 Å². The molecule has 6 nitrogen and oxygen atoms in total. The summed E-state index contributed by atoms with van der Waals surface area (Å²) in [5.74, 6) is -0.637. The maximum atomic E-state index is 12.5. The van der Waals surface area contributed by atoms with Crippen molar-refractivity contribution in [2.45, 2.75) is 0 Å². The summed E-state index contributed by atoms with van der Waals surface area (Å²) < 4.78 is 0. The fourth-order valence-corrected chi connectivity index (χ4v) is 2.83. The van der Waals surface area contributed by atoms with Crippen LogP contribution in [0.2, 0.25) is 10.0 Å². The van der Waals surface area contributed by atoms with E-state index in [1.54, 1.807) is 44.4 Å². The van der Waals surface area contributed by atoms with E-state index in [4.69, 9.17) is 23.2 Å². The van der Waals surface area contributed by atoms with Gasteiger partial charge in [-0.3, -0.25) is 14.7 Å². The molecule has 0 atom stereocenters. The molecule has 8 heteroatoms. The summed E-state index contributed by atoms with van der Waals surface area (Å²) >= 11 is 12.1. The Labute approximate surface area is 166 Å². The van der Waals surface area contributed by atoms with Crippen molar-refractivity contribution >= 4 is 40.7 Å². The summed E-state index contributed by atoms with van der Waals surface area (Å²) in [6.07, 6.45) is 0. The number of amides is 2. The van der Waals surface area contributed by atoms with Crippen molar-refractivity contribution in [3.63, 3.8) is 0 Å². The summed E-state index contributed by atoms with van der Waals surface area (Å²) in [5.41, 5.74) is 2.43. The summed E-state index contributed by atoms with van der Waals surface area (Å²) in [7, 11) is 3.26. The third-order valence-corrected chi connectivity index (χ3v) is 4.37. The van der Waals surface area contributed by atoms with Crippen molar-refractivity contribution in [2.24, 2.45) is 0 Å². The highest BCUT2D eigenvalue weighted by Gasteiger charge is 2.16. The SMILES string of the molecule is CN(C)C(=O)c1cc(NC(=O)c2cc(-c3cccc(Cl)c3)n[nH]2)ccc1Cl. The number of halogens is 2. The summed E-state index contributed by atoms with van der Waals surface area (Å²) in [4.78, 5) is 26.1. The smallest absolute Gasteiger partial charge is 0.273 e. The first-order chi connectivity index (χ1) is 12.8. The predicted octanol–water partition coefficient (Wildman–Crippen LogP) is 4.34. The first-order valence-electron chi connectivity index (χ1n) is 7.99. The van der Waals surface area contributed by atoms with Gasteiger partial charge in [0.15, 0.2) is 0 Å². The van der Waals surface area contributed by atoms with Crippen molar-refractivity contribution in [3.8, 4) is 11.3 Å². The molecule has 2 amide bonds. The normalized spacial score (nSPS) is 10.5. The minimum Gasteiger partial charge on any atom is -0.345 e. The number of aromatic nitrogens is 2. The first-order valence-corrected chi connectivity index (χ1v) is 8.74. The van der Waals surface area contributed by atoms with E-state index in [2.05, 4.69) is 15.5 Å². The first kappa shape index (κ1) is 18.9. The average molecular weight is 403 g/mol. The molecule has 27 heavy (non-hydrogen) atoms. The van der Waals surface area contributed by atoms with Crippen LogP contribution in [0.25, 0.3) is 11.3 Å². The Morgan fingerprint density at radius 2 is 1.85 bits per heavy atom. The largest absolute Gasteiger partial charge is 0.345 e. The quantitative estimate of drug-likeness (QED) is 0.681. The molecule has 138 valence electrons. The fourth-order valence-electron chi connectivity index (χ4n) is 2.44. The van der Waals surface area contributed by atoms with E-state index in [9.17, 15) is 9.59 Å². The lowest BCUT2D eigenvalue weighted by atomic mass is 10.1. The highest BCUT2D eigenvalue weighted by Crippen LogP contribution is 2.24. The number of nitrogens with zero attached hydrogens (tertiary/aromatic N) is 2. The van der Waals surface area contributed by atoms with Crippen LogP contribution in [0, 0.1) is 0 Å². The Bertz CT molecular complexity index is 1010. The van der Waals surface area contributed by atoms with Gasteiger partial charge in [-0.2, -0.15) is 5.10 Å². The van der Waals surface area contributed by atoms with E-state index < -0.39 is 0 Å². The van der Waals surface area contributed by atoms with Crippen LogP contribution in [0.5, 0.6) is 0 Å². The highest BCUT2D eigenvalue weighted by molar-refractivity contribution is 6.34. The molecule has 0 saturated heterocycles. The van der Waals surface area contributed by atoms with Crippen LogP contribution in [-0.4, -0.2) is 41.0 Å². The van der Waals surface area contributed by atoms with E-state index in [0.29, 0.717) is 27.0 Å². The van der Waals surface area contributed by atoms with Crippen molar-refractivity contribution in [3.05, 3.63) is 69.8 Å². The lowest BCUT2D eigenvalue weighted by Gasteiger charge is -2.13. The number of rotatable bonds is 4. The molecule has 0 aliphatic heterocycles. The Morgan fingerprint density at radius 1 is 1.07 bits per heavy atom. The lowest BCUT2D eigenvalue weighted by molar-refractivity contribution is 0.0827. The second-order valence-electron chi connectivity index (χ2n) is 6.03. The number of carbonyl (C=O) groups is 2. The Morgan fingerprint density at radius 3 is 2.56 bits per heavy atom. The molecule has 0 radical (unpaired) electrons. The van der Waals surface area contributed by atoms with E-state index in [1.807, 2.05) is 12.1 Å². The van der Waals surface area contributed by atoms with Gasteiger partial charge < -0.3 is 10.2 Å². The molecule has 0 saturated carbocycles. The maximum absolute atomic E-state index is 12.5. The van der Waals surface area contributed by atoms with Gasteiger partial charge in [0.2, 0.25) is 0 Å². The molecular weight excluding hydrogens is 387 g/mol. The maximum Gasteiger partial charge on any atom is 0.273 e. The van der Waals surface area contributed by atoms with Crippen LogP contribution >= 0.6 is 23.2 Å². The number of H-pyrrole nitrogens is 1. The number of carbonyl (C=O) groups excluding carboxylic acids is 2. The Hall–Kier alpha value is -2.83. The van der Waals surface area contributed by atoms with Crippen LogP contribution in [0.15, 0.2) is 48.5 Å². The van der Waals surface area contributed by atoms with Crippen LogP contribution < -0.4 is 5.32 Å². The summed E-state index contributed by atoms with van der Waals surface area (Å²) in [6.45, 7) is 0. The van der Waals surface area contributed by atoms with Gasteiger partial charge in [-0.1, -0.05) is 35.3 Å². The highest BCUT2D eigenvalue weighted by atomic mass is 35.5. The molecule has 2 aromatic carbocycles. The van der Waals surface area contributed by atoms with Crippen LogP contribution in [0.4, 0.5) is 5.69 Å². The molecule has 1 aromatic heterocycles. The molecule has 0 spiro atoms. The van der Waals surface area contributed by atoms with Crippen molar-refractivity contribution < 1.29 is 9.59 Å². The molecule has 3 aromatic rings. The number of aromatic amines is 1. The molecule has 0 aliphatic carbocycles. The number of hydrogen-bond acceptors (Lipinski definition) is 3. The third kappa shape index (κ3) is 4.30. The van der Waals surface area contributed by atoms with Gasteiger partial charge in [-0.25, -0.2) is 0 Å². The second-order valence-corrected chi connectivity index (χ2v) is 6.87. The van der Waals surface area contributed by atoms with Crippen molar-refractivity contribution in [1.29, 1.82) is 0 Å². The zero-order valence-electron chi connectivity index (χ0n) is 14.6. The van der Waals surface area contributed by atoms with Gasteiger partial charge in [-0.15, -0.1) is 0 Å². The van der Waals surface area contributed by atoms with E-state index >= 15 is 0 Å². The topological polar surface area (TPSA) is 78.1 Å².